The van der Waals surface area contributed by atoms with E-state index in [1.165, 1.54) is 0 Å². The van der Waals surface area contributed by atoms with Gasteiger partial charge in [-0.05, 0) is 25.8 Å². The molecule has 1 aromatic rings. The quantitative estimate of drug-likeness (QED) is 0.896. The maximum atomic E-state index is 12.6. The first-order valence-corrected chi connectivity index (χ1v) is 9.04. The van der Waals surface area contributed by atoms with Crippen LogP contribution < -0.4 is 10.1 Å². The molecule has 1 aromatic heterocycles. The standard InChI is InChI=1S/C18H28N4O3/c1-14(16-3-6-19-13-17(16)24-2)20-18(23)22-9-7-21(8-10-22)15-4-11-25-12-5-15/h3,6,13-15H,4-5,7-12H2,1-2H3,(H,20,23)/t14-/m1/s1. The van der Waals surface area contributed by atoms with Crippen LogP contribution in [0.2, 0.25) is 0 Å². The summed E-state index contributed by atoms with van der Waals surface area (Å²) in [5.41, 5.74) is 0.937. The van der Waals surface area contributed by atoms with Gasteiger partial charge in [0.2, 0.25) is 0 Å². The Morgan fingerprint density at radius 3 is 2.72 bits per heavy atom. The molecule has 3 heterocycles. The fraction of sp³-hybridized carbons (Fsp3) is 0.667. The number of carbonyl (C=O) groups excluding carboxylic acids is 1. The highest BCUT2D eigenvalue weighted by Crippen LogP contribution is 2.23. The van der Waals surface area contributed by atoms with Crippen LogP contribution in [0.5, 0.6) is 5.75 Å². The zero-order chi connectivity index (χ0) is 17.6. The van der Waals surface area contributed by atoms with Gasteiger partial charge in [-0.3, -0.25) is 9.88 Å². The van der Waals surface area contributed by atoms with Crippen molar-refractivity contribution in [2.75, 3.05) is 46.5 Å². The Kier molecular flexibility index (Phi) is 6.09. The second-order valence-electron chi connectivity index (χ2n) is 6.66. The van der Waals surface area contributed by atoms with E-state index < -0.39 is 0 Å². The Bertz CT molecular complexity index is 569. The van der Waals surface area contributed by atoms with Crippen LogP contribution in [-0.2, 0) is 4.74 Å². The van der Waals surface area contributed by atoms with E-state index in [0.29, 0.717) is 11.8 Å². The average Bonchev–Trinajstić information content (AvgIpc) is 2.68. The molecule has 7 heteroatoms. The van der Waals surface area contributed by atoms with Crippen molar-refractivity contribution >= 4 is 6.03 Å². The van der Waals surface area contributed by atoms with Crippen molar-refractivity contribution in [3.8, 4) is 5.75 Å². The summed E-state index contributed by atoms with van der Waals surface area (Å²) in [6.45, 7) is 7.09. The van der Waals surface area contributed by atoms with Gasteiger partial charge in [0, 0.05) is 57.2 Å². The van der Waals surface area contributed by atoms with Gasteiger partial charge in [-0.15, -0.1) is 0 Å². The lowest BCUT2D eigenvalue weighted by Gasteiger charge is -2.40. The summed E-state index contributed by atoms with van der Waals surface area (Å²) in [5, 5.41) is 3.08. The number of piperazine rings is 1. The van der Waals surface area contributed by atoms with Gasteiger partial charge in [-0.1, -0.05) is 0 Å². The van der Waals surface area contributed by atoms with E-state index >= 15 is 0 Å². The van der Waals surface area contributed by atoms with Crippen molar-refractivity contribution in [3.05, 3.63) is 24.0 Å². The van der Waals surface area contributed by atoms with Crippen molar-refractivity contribution in [2.45, 2.75) is 31.8 Å². The SMILES string of the molecule is COc1cnccc1[C@@H](C)NC(=O)N1CCN(C2CCOCC2)CC1. The van der Waals surface area contributed by atoms with Crippen LogP contribution in [0.1, 0.15) is 31.4 Å². The molecular formula is C18H28N4O3. The van der Waals surface area contributed by atoms with Crippen molar-refractivity contribution < 1.29 is 14.3 Å². The number of urea groups is 1. The average molecular weight is 348 g/mol. The van der Waals surface area contributed by atoms with E-state index in [0.717, 1.165) is 57.8 Å². The maximum absolute atomic E-state index is 12.6. The number of amides is 2. The predicted molar refractivity (Wildman–Crippen MR) is 94.7 cm³/mol. The fourth-order valence-corrected chi connectivity index (χ4v) is 3.61. The summed E-state index contributed by atoms with van der Waals surface area (Å²) in [7, 11) is 1.62. The highest BCUT2D eigenvalue weighted by Gasteiger charge is 2.28. The smallest absolute Gasteiger partial charge is 0.317 e. The number of pyridine rings is 1. The Balaban J connectivity index is 1.50. The lowest BCUT2D eigenvalue weighted by molar-refractivity contribution is 0.0186. The molecule has 3 rings (SSSR count). The largest absolute Gasteiger partial charge is 0.495 e. The Morgan fingerprint density at radius 1 is 1.32 bits per heavy atom. The van der Waals surface area contributed by atoms with Gasteiger partial charge in [0.15, 0.2) is 0 Å². The van der Waals surface area contributed by atoms with Crippen molar-refractivity contribution in [3.63, 3.8) is 0 Å². The monoisotopic (exact) mass is 348 g/mol. The van der Waals surface area contributed by atoms with Gasteiger partial charge in [-0.25, -0.2) is 4.79 Å². The second-order valence-corrected chi connectivity index (χ2v) is 6.66. The predicted octanol–water partition coefficient (Wildman–Crippen LogP) is 1.66. The van der Waals surface area contributed by atoms with Crippen LogP contribution in [0.15, 0.2) is 18.5 Å². The molecule has 2 fully saturated rings. The summed E-state index contributed by atoms with van der Waals surface area (Å²) in [5.74, 6) is 0.694. The van der Waals surface area contributed by atoms with E-state index in [1.54, 1.807) is 19.5 Å². The van der Waals surface area contributed by atoms with E-state index in [9.17, 15) is 4.79 Å². The number of hydrogen-bond donors (Lipinski definition) is 1. The number of carbonyl (C=O) groups is 1. The van der Waals surface area contributed by atoms with E-state index in [2.05, 4.69) is 15.2 Å². The zero-order valence-corrected chi connectivity index (χ0v) is 15.1. The fourth-order valence-electron chi connectivity index (χ4n) is 3.61. The van der Waals surface area contributed by atoms with Gasteiger partial charge in [0.1, 0.15) is 5.75 Å². The molecule has 0 bridgehead atoms. The summed E-state index contributed by atoms with van der Waals surface area (Å²) < 4.78 is 10.8. The second kappa shape index (κ2) is 8.49. The summed E-state index contributed by atoms with van der Waals surface area (Å²) in [6.07, 6.45) is 5.59. The van der Waals surface area contributed by atoms with E-state index in [-0.39, 0.29) is 12.1 Å². The first-order valence-electron chi connectivity index (χ1n) is 9.04. The molecule has 0 unspecified atom stereocenters. The third-order valence-electron chi connectivity index (χ3n) is 5.15. The molecule has 2 saturated heterocycles. The molecule has 2 aliphatic heterocycles. The Labute approximate surface area is 149 Å². The van der Waals surface area contributed by atoms with Crippen molar-refractivity contribution in [1.29, 1.82) is 0 Å². The molecule has 1 atom stereocenters. The molecule has 7 nitrogen and oxygen atoms in total. The molecule has 0 aromatic carbocycles. The van der Waals surface area contributed by atoms with Crippen LogP contribution in [-0.4, -0.2) is 73.4 Å². The molecule has 0 radical (unpaired) electrons. The minimum atomic E-state index is -0.126. The first-order chi connectivity index (χ1) is 12.2. The van der Waals surface area contributed by atoms with Gasteiger partial charge in [0.25, 0.3) is 0 Å². The molecule has 1 N–H and O–H groups in total. The minimum Gasteiger partial charge on any atom is -0.495 e. The number of ether oxygens (including phenoxy) is 2. The number of rotatable bonds is 4. The highest BCUT2D eigenvalue weighted by molar-refractivity contribution is 5.75. The lowest BCUT2D eigenvalue weighted by atomic mass is 10.1. The lowest BCUT2D eigenvalue weighted by Crippen LogP contribution is -2.55. The molecular weight excluding hydrogens is 320 g/mol. The number of hydrogen-bond acceptors (Lipinski definition) is 5. The maximum Gasteiger partial charge on any atom is 0.317 e. The summed E-state index contributed by atoms with van der Waals surface area (Å²) >= 11 is 0. The molecule has 0 saturated carbocycles. The van der Waals surface area contributed by atoms with Crippen molar-refractivity contribution in [2.24, 2.45) is 0 Å². The number of nitrogens with zero attached hydrogens (tertiary/aromatic N) is 3. The topological polar surface area (TPSA) is 66.9 Å². The highest BCUT2D eigenvalue weighted by atomic mass is 16.5. The molecule has 2 aliphatic rings. The van der Waals surface area contributed by atoms with Gasteiger partial charge in [-0.2, -0.15) is 0 Å². The summed E-state index contributed by atoms with van der Waals surface area (Å²) in [6, 6.07) is 2.35. The van der Waals surface area contributed by atoms with Crippen LogP contribution in [0.4, 0.5) is 4.79 Å². The normalized spacial score (nSPS) is 21.0. The van der Waals surface area contributed by atoms with Crippen molar-refractivity contribution in [1.82, 2.24) is 20.1 Å². The molecule has 25 heavy (non-hydrogen) atoms. The third kappa shape index (κ3) is 4.41. The number of methoxy groups -OCH3 is 1. The van der Waals surface area contributed by atoms with Gasteiger partial charge < -0.3 is 19.7 Å². The van der Waals surface area contributed by atoms with E-state index in [4.69, 9.17) is 9.47 Å². The van der Waals surface area contributed by atoms with Crippen LogP contribution >= 0.6 is 0 Å². The molecule has 2 amide bonds. The van der Waals surface area contributed by atoms with E-state index in [1.807, 2.05) is 17.9 Å². The van der Waals surface area contributed by atoms with Gasteiger partial charge >= 0.3 is 6.03 Å². The Morgan fingerprint density at radius 2 is 2.04 bits per heavy atom. The van der Waals surface area contributed by atoms with Crippen LogP contribution in [0, 0.1) is 0 Å². The van der Waals surface area contributed by atoms with Crippen LogP contribution in [0.25, 0.3) is 0 Å². The number of nitrogens with one attached hydrogen (secondary N) is 1. The molecule has 0 spiro atoms. The third-order valence-corrected chi connectivity index (χ3v) is 5.15. The summed E-state index contributed by atoms with van der Waals surface area (Å²) in [4.78, 5) is 21.0. The minimum absolute atomic E-state index is 0.0157. The first kappa shape index (κ1) is 17.9. The molecule has 138 valence electrons. The number of aromatic nitrogens is 1. The zero-order valence-electron chi connectivity index (χ0n) is 15.1. The van der Waals surface area contributed by atoms with Gasteiger partial charge in [0.05, 0.1) is 19.3 Å². The molecule has 0 aliphatic carbocycles. The Hall–Kier alpha value is -1.86. The van der Waals surface area contributed by atoms with Crippen LogP contribution in [0.3, 0.4) is 0 Å².